The molecular weight excluding hydrogens is 1300 g/mol. The summed E-state index contributed by atoms with van der Waals surface area (Å²) in [6, 6.07) is 71.2. The molecule has 24 heteroatoms. The smallest absolute Gasteiger partial charge is 0.267 e. The van der Waals surface area contributed by atoms with Crippen molar-refractivity contribution < 1.29 is 24.2 Å². The minimum Gasteiger partial charge on any atom is -0.496 e. The molecular formula is C79H60N16O8. The van der Waals surface area contributed by atoms with Crippen LogP contribution in [-0.2, 0) is 39.3 Å². The number of anilines is 3. The number of nitrogens with zero attached hydrogens (tertiary/aromatic N) is 13. The molecule has 3 amide bonds. The van der Waals surface area contributed by atoms with Crippen LogP contribution in [-0.4, -0.2) is 92.9 Å². The van der Waals surface area contributed by atoms with Crippen molar-refractivity contribution in [3.63, 3.8) is 0 Å². The van der Waals surface area contributed by atoms with E-state index >= 15 is 0 Å². The van der Waals surface area contributed by atoms with Gasteiger partial charge in [0.25, 0.3) is 34.4 Å². The van der Waals surface area contributed by atoms with Crippen LogP contribution in [0.1, 0.15) is 70.7 Å². The van der Waals surface area contributed by atoms with Crippen molar-refractivity contribution in [2.24, 2.45) is 0 Å². The van der Waals surface area contributed by atoms with Crippen LogP contribution in [0.2, 0.25) is 0 Å². The average molecular weight is 1360 g/mol. The quantitative estimate of drug-likeness (QED) is 0.119. The molecule has 504 valence electrons. The lowest BCUT2D eigenvalue weighted by Gasteiger charge is -2.17. The van der Waals surface area contributed by atoms with Gasteiger partial charge in [0.1, 0.15) is 5.75 Å². The topological polar surface area (TPSA) is 288 Å². The van der Waals surface area contributed by atoms with E-state index in [2.05, 4.69) is 51.2 Å². The Bertz CT molecular complexity index is 6090. The van der Waals surface area contributed by atoms with Gasteiger partial charge in [-0.05, 0) is 149 Å². The van der Waals surface area contributed by atoms with Crippen molar-refractivity contribution in [1.82, 2.24) is 63.0 Å². The minimum absolute atomic E-state index is 0.187. The van der Waals surface area contributed by atoms with Crippen LogP contribution in [0.15, 0.2) is 257 Å². The van der Waals surface area contributed by atoms with Crippen molar-refractivity contribution in [3.05, 3.63) is 324 Å². The Kier molecular flexibility index (Phi) is 16.8. The number of rotatable bonds is 1. The summed E-state index contributed by atoms with van der Waals surface area (Å²) >= 11 is 0. The number of carbonyl (C=O) groups excluding carboxylic acids is 3. The highest BCUT2D eigenvalue weighted by atomic mass is 16.5. The normalized spacial score (nSPS) is 13.8. The first-order chi connectivity index (χ1) is 50.3. The van der Waals surface area contributed by atoms with Gasteiger partial charge in [-0.1, -0.05) is 97.1 Å². The van der Waals surface area contributed by atoms with Gasteiger partial charge >= 0.3 is 0 Å². The Balaban J connectivity index is 0.000000119. The van der Waals surface area contributed by atoms with Crippen LogP contribution < -0.4 is 37.4 Å². The summed E-state index contributed by atoms with van der Waals surface area (Å²) in [5.74, 6) is 1.03. The predicted molar refractivity (Wildman–Crippen MR) is 389 cm³/mol. The second-order valence-corrected chi connectivity index (χ2v) is 24.9. The number of hydrogen-bond donors (Lipinski definition) is 4. The zero-order valence-corrected chi connectivity index (χ0v) is 55.0. The molecule has 0 fully saturated rings. The highest BCUT2D eigenvalue weighted by Gasteiger charge is 2.23. The van der Waals surface area contributed by atoms with E-state index in [0.29, 0.717) is 76.0 Å². The Morgan fingerprint density at radius 3 is 1.33 bits per heavy atom. The number of benzene rings is 8. The third kappa shape index (κ3) is 13.1. The van der Waals surface area contributed by atoms with Crippen molar-refractivity contribution in [2.45, 2.75) is 45.4 Å². The molecule has 1 atom stereocenters. The molecule has 8 aromatic carbocycles. The van der Waals surface area contributed by atoms with Crippen LogP contribution in [0.25, 0.3) is 66.9 Å². The fourth-order valence-electron chi connectivity index (χ4n) is 12.9. The van der Waals surface area contributed by atoms with Gasteiger partial charge in [0.15, 0.2) is 0 Å². The molecule has 10 heterocycles. The van der Waals surface area contributed by atoms with E-state index in [0.717, 1.165) is 77.7 Å². The zero-order chi connectivity index (χ0) is 70.2. The highest BCUT2D eigenvalue weighted by molar-refractivity contribution is 6.06. The van der Waals surface area contributed by atoms with Crippen LogP contribution in [0.4, 0.5) is 17.8 Å². The van der Waals surface area contributed by atoms with Gasteiger partial charge < -0.3 is 23.5 Å². The number of ether oxygens (including phenoxy) is 1. The number of aromatic nitrogens is 13. The third-order valence-electron chi connectivity index (χ3n) is 18.0. The molecule has 15 aromatic rings. The molecule has 1 unspecified atom stereocenters. The third-order valence-corrected chi connectivity index (χ3v) is 18.0. The first-order valence-corrected chi connectivity index (χ1v) is 33.0. The number of carbonyl (C=O) groups is 3. The molecule has 7 aromatic heterocycles. The second kappa shape index (κ2) is 27.1. The van der Waals surface area contributed by atoms with E-state index < -0.39 is 6.10 Å². The van der Waals surface area contributed by atoms with Gasteiger partial charge in [0.2, 0.25) is 17.8 Å². The van der Waals surface area contributed by atoms with E-state index in [1.807, 2.05) is 159 Å². The summed E-state index contributed by atoms with van der Waals surface area (Å²) in [7, 11) is 1.61. The van der Waals surface area contributed by atoms with E-state index in [1.54, 1.807) is 86.1 Å². The number of fused-ring (bicyclic) bond motifs is 30. The maximum absolute atomic E-state index is 13.2. The van der Waals surface area contributed by atoms with Gasteiger partial charge in [0, 0.05) is 57.8 Å². The number of aliphatic hydroxyl groups is 1. The van der Waals surface area contributed by atoms with E-state index in [-0.39, 0.29) is 60.6 Å². The number of imidazole rings is 3. The summed E-state index contributed by atoms with van der Waals surface area (Å²) in [4.78, 5) is 95.5. The zero-order valence-electron chi connectivity index (χ0n) is 55.0. The van der Waals surface area contributed by atoms with Crippen molar-refractivity contribution >= 4 is 68.7 Å². The molecule has 0 aliphatic carbocycles. The summed E-state index contributed by atoms with van der Waals surface area (Å²) in [5.41, 5.74) is 14.7. The van der Waals surface area contributed by atoms with Gasteiger partial charge in [-0.3, -0.25) is 49.7 Å². The SMILES string of the molecule is COc1ccc2cc1-c1ccc(=O)n(n1)Cc1cccc(c1)C(=O)Nc1nc3ccccc3n1C2.O=C1Nc2nc3ccccc3n2CC(O)c2cccc(c2)-c2ccc(=O)n(n2)Cc2cccc1c2.O=C1Nc2nc3ccccc3n2Cc2cc(ccn2)-c2ccc(=O)n(n2)Cc2cccc1c2. The van der Waals surface area contributed by atoms with Crippen LogP contribution >= 0.6 is 0 Å². The molecule has 4 N–H and O–H groups in total. The molecule has 3 aliphatic rings. The van der Waals surface area contributed by atoms with Crippen molar-refractivity contribution in [1.29, 1.82) is 0 Å². The number of amides is 3. The molecule has 0 saturated heterocycles. The molecule has 24 nitrogen and oxygen atoms in total. The Hall–Kier alpha value is -13.9. The number of aliphatic hydroxyl groups excluding tert-OH is 1. The number of nitrogens with one attached hydrogen (secondary N) is 3. The largest absolute Gasteiger partial charge is 0.496 e. The maximum atomic E-state index is 13.2. The Morgan fingerprint density at radius 1 is 0.388 bits per heavy atom. The van der Waals surface area contributed by atoms with Crippen molar-refractivity contribution in [3.8, 4) is 39.5 Å². The van der Waals surface area contributed by atoms with Gasteiger partial charge in [-0.15, -0.1) is 0 Å². The number of hydrogen-bond acceptors (Lipinski definition) is 15. The first kappa shape index (κ1) is 63.8. The predicted octanol–water partition coefficient (Wildman–Crippen LogP) is 10.9. The second-order valence-electron chi connectivity index (χ2n) is 24.9. The lowest BCUT2D eigenvalue weighted by molar-refractivity contribution is 0.101. The summed E-state index contributed by atoms with van der Waals surface area (Å²) < 4.78 is 15.5. The molecule has 18 bridgehead atoms. The lowest BCUT2D eigenvalue weighted by Crippen LogP contribution is -2.23. The fourth-order valence-corrected chi connectivity index (χ4v) is 12.9. The molecule has 18 rings (SSSR count). The highest BCUT2D eigenvalue weighted by Crippen LogP contribution is 2.33. The van der Waals surface area contributed by atoms with E-state index in [4.69, 9.17) is 4.74 Å². The minimum atomic E-state index is -0.870. The fraction of sp³-hybridized carbons (Fsp3) is 0.101. The van der Waals surface area contributed by atoms with Crippen LogP contribution in [0.3, 0.4) is 0 Å². The maximum Gasteiger partial charge on any atom is 0.267 e. The molecule has 3 aliphatic heterocycles. The van der Waals surface area contributed by atoms with Crippen molar-refractivity contribution in [2.75, 3.05) is 23.1 Å². The Morgan fingerprint density at radius 2 is 0.816 bits per heavy atom. The number of pyridine rings is 1. The number of para-hydroxylation sites is 6. The number of methoxy groups -OCH3 is 1. The van der Waals surface area contributed by atoms with E-state index in [1.165, 1.54) is 32.2 Å². The van der Waals surface area contributed by atoms with Gasteiger partial charge in [-0.2, -0.15) is 15.3 Å². The molecule has 103 heavy (non-hydrogen) atoms. The van der Waals surface area contributed by atoms with Crippen LogP contribution in [0.5, 0.6) is 5.75 Å². The molecule has 0 radical (unpaired) electrons. The standard InChI is InChI=1S/2C27H21N5O3.C25H18N6O2/c1-35-24-11-9-18-14-20(24)21-10-12-25(33)32(30-21)16-17-5-4-6-19(13-17)26(34)29-27-28-22-7-2-3-8-23(22)31(27)15-18;33-24-16-31-23-10-2-1-9-22(23)28-27(31)29-26(35)20-8-3-5-17(13-20)15-32-25(34)12-11-21(30-32)18-6-4-7-19(24)14-18;32-23-9-8-20-17-10-11-26-19(13-17)15-30-22-7-2-1-6-21(22)27-25(30)28-24(33)18-5-3-4-16(12-18)14-31(23)29-20/h2-14H,15-16H2,1H3,(H,28,29,34);1-14,24,33H,15-16H2,(H,28,29,35);1-13H,14-15H2,(H,27,28,33). The summed E-state index contributed by atoms with van der Waals surface area (Å²) in [5, 5.41) is 33.8. The first-order valence-electron chi connectivity index (χ1n) is 33.0. The van der Waals surface area contributed by atoms with Crippen LogP contribution in [0, 0.1) is 0 Å². The average Bonchev–Trinajstić information content (AvgIpc) is 1.68. The van der Waals surface area contributed by atoms with Gasteiger partial charge in [0.05, 0.1) is 108 Å². The molecule has 0 saturated carbocycles. The van der Waals surface area contributed by atoms with Gasteiger partial charge in [-0.25, -0.2) is 29.0 Å². The Labute approximate surface area is 585 Å². The molecule has 0 spiro atoms. The lowest BCUT2D eigenvalue weighted by atomic mass is 10.0. The van der Waals surface area contributed by atoms with E-state index in [9.17, 15) is 33.9 Å². The monoisotopic (exact) mass is 1360 g/mol. The summed E-state index contributed by atoms with van der Waals surface area (Å²) in [6.45, 7) is 1.76. The summed E-state index contributed by atoms with van der Waals surface area (Å²) in [6.07, 6.45) is 0.853.